The predicted octanol–water partition coefficient (Wildman–Crippen LogP) is 3.59. The molecule has 3 rings (SSSR count). The summed E-state index contributed by atoms with van der Waals surface area (Å²) in [5.41, 5.74) is 1.04. The fourth-order valence-electron chi connectivity index (χ4n) is 3.51. The summed E-state index contributed by atoms with van der Waals surface area (Å²) >= 11 is 0. The van der Waals surface area contributed by atoms with E-state index in [1.807, 2.05) is 30.3 Å². The smallest absolute Gasteiger partial charge is 0.157 e. The second-order valence-corrected chi connectivity index (χ2v) is 6.56. The molecule has 23 heavy (non-hydrogen) atoms. The summed E-state index contributed by atoms with van der Waals surface area (Å²) in [4.78, 5) is 0. The molecule has 2 aliphatic rings. The summed E-state index contributed by atoms with van der Waals surface area (Å²) in [6, 6.07) is 9.96. The standard InChI is InChI=1S/C19H28O4/c20-14-18(15-7-2-1-3-8-15)22-16-9-6-10-17(13-16)23-19-11-4-5-12-21-19/h1-3,7-8,16-20H,4-6,9-14H2/t16?,17?,18-,19?/m0/s1. The van der Waals surface area contributed by atoms with Crippen molar-refractivity contribution in [3.05, 3.63) is 35.9 Å². The SMILES string of the molecule is OC[C@H](OC1CCCC(OC2CCCCO2)C1)c1ccccc1. The largest absolute Gasteiger partial charge is 0.393 e. The maximum atomic E-state index is 9.66. The van der Waals surface area contributed by atoms with Crippen molar-refractivity contribution in [2.45, 2.75) is 69.5 Å². The Bertz CT molecular complexity index is 444. The maximum Gasteiger partial charge on any atom is 0.157 e. The lowest BCUT2D eigenvalue weighted by molar-refractivity contribution is -0.203. The van der Waals surface area contributed by atoms with E-state index < -0.39 is 0 Å². The Kier molecular flexibility index (Phi) is 6.46. The van der Waals surface area contributed by atoms with E-state index >= 15 is 0 Å². The normalized spacial score (nSPS) is 30.0. The van der Waals surface area contributed by atoms with Crippen LogP contribution in [0, 0.1) is 0 Å². The molecule has 1 heterocycles. The third kappa shape index (κ3) is 5.01. The highest BCUT2D eigenvalue weighted by Gasteiger charge is 2.28. The van der Waals surface area contributed by atoms with Crippen molar-refractivity contribution in [3.63, 3.8) is 0 Å². The second kappa shape index (κ2) is 8.78. The van der Waals surface area contributed by atoms with Crippen LogP contribution in [0.25, 0.3) is 0 Å². The molecular weight excluding hydrogens is 292 g/mol. The van der Waals surface area contributed by atoms with Crippen molar-refractivity contribution in [2.24, 2.45) is 0 Å². The van der Waals surface area contributed by atoms with Crippen molar-refractivity contribution < 1.29 is 19.3 Å². The Labute approximate surface area is 138 Å². The molecule has 0 spiro atoms. The van der Waals surface area contributed by atoms with Crippen LogP contribution in [-0.4, -0.2) is 36.8 Å². The van der Waals surface area contributed by atoms with Crippen LogP contribution in [0.15, 0.2) is 30.3 Å². The van der Waals surface area contributed by atoms with E-state index in [0.29, 0.717) is 0 Å². The first-order valence-corrected chi connectivity index (χ1v) is 8.93. The number of hydrogen-bond donors (Lipinski definition) is 1. The van der Waals surface area contributed by atoms with Gasteiger partial charge in [0.25, 0.3) is 0 Å². The van der Waals surface area contributed by atoms with Crippen LogP contribution < -0.4 is 0 Å². The molecule has 3 unspecified atom stereocenters. The van der Waals surface area contributed by atoms with Gasteiger partial charge in [0.05, 0.1) is 18.8 Å². The zero-order valence-corrected chi connectivity index (χ0v) is 13.7. The number of hydrogen-bond acceptors (Lipinski definition) is 4. The fraction of sp³-hybridized carbons (Fsp3) is 0.684. The van der Waals surface area contributed by atoms with E-state index in [1.54, 1.807) is 0 Å². The molecule has 0 radical (unpaired) electrons. The van der Waals surface area contributed by atoms with Gasteiger partial charge in [-0.1, -0.05) is 30.3 Å². The topological polar surface area (TPSA) is 47.9 Å². The monoisotopic (exact) mass is 320 g/mol. The molecule has 1 N–H and O–H groups in total. The van der Waals surface area contributed by atoms with Crippen LogP contribution >= 0.6 is 0 Å². The van der Waals surface area contributed by atoms with E-state index in [1.165, 1.54) is 6.42 Å². The first kappa shape index (κ1) is 16.9. The molecule has 4 nitrogen and oxygen atoms in total. The van der Waals surface area contributed by atoms with Gasteiger partial charge in [-0.05, 0) is 50.5 Å². The molecule has 1 aliphatic heterocycles. The van der Waals surface area contributed by atoms with Crippen molar-refractivity contribution in [1.29, 1.82) is 0 Å². The Balaban J connectivity index is 1.51. The van der Waals surface area contributed by atoms with Crippen molar-refractivity contribution in [2.75, 3.05) is 13.2 Å². The molecule has 1 aromatic carbocycles. The average molecular weight is 320 g/mol. The number of aliphatic hydroxyl groups excluding tert-OH is 1. The number of benzene rings is 1. The molecule has 0 aromatic heterocycles. The Hall–Kier alpha value is -0.940. The second-order valence-electron chi connectivity index (χ2n) is 6.56. The van der Waals surface area contributed by atoms with E-state index in [9.17, 15) is 5.11 Å². The summed E-state index contributed by atoms with van der Waals surface area (Å²) in [5.74, 6) is 0. The lowest BCUT2D eigenvalue weighted by Crippen LogP contribution is -2.34. The minimum Gasteiger partial charge on any atom is -0.393 e. The Morgan fingerprint density at radius 3 is 2.61 bits per heavy atom. The van der Waals surface area contributed by atoms with E-state index in [-0.39, 0.29) is 31.2 Å². The van der Waals surface area contributed by atoms with Gasteiger partial charge in [0.2, 0.25) is 0 Å². The highest BCUT2D eigenvalue weighted by atomic mass is 16.7. The highest BCUT2D eigenvalue weighted by molar-refractivity contribution is 5.17. The maximum absolute atomic E-state index is 9.66. The van der Waals surface area contributed by atoms with Crippen molar-refractivity contribution >= 4 is 0 Å². The summed E-state index contributed by atoms with van der Waals surface area (Å²) < 4.78 is 18.0. The summed E-state index contributed by atoms with van der Waals surface area (Å²) in [7, 11) is 0. The molecule has 4 atom stereocenters. The van der Waals surface area contributed by atoms with Crippen molar-refractivity contribution in [3.8, 4) is 0 Å². The lowest BCUT2D eigenvalue weighted by atomic mass is 9.94. The average Bonchev–Trinajstić information content (AvgIpc) is 2.62. The van der Waals surface area contributed by atoms with Crippen LogP contribution in [0.4, 0.5) is 0 Å². The van der Waals surface area contributed by atoms with Crippen LogP contribution in [-0.2, 0) is 14.2 Å². The Morgan fingerprint density at radius 2 is 1.87 bits per heavy atom. The molecule has 0 amide bonds. The third-order valence-electron chi connectivity index (χ3n) is 4.75. The van der Waals surface area contributed by atoms with Crippen molar-refractivity contribution in [1.82, 2.24) is 0 Å². The van der Waals surface area contributed by atoms with Crippen LogP contribution in [0.1, 0.15) is 56.6 Å². The molecule has 1 saturated carbocycles. The summed E-state index contributed by atoms with van der Waals surface area (Å²) in [6.45, 7) is 0.829. The minimum atomic E-state index is -0.245. The number of aliphatic hydroxyl groups is 1. The fourth-order valence-corrected chi connectivity index (χ4v) is 3.51. The van der Waals surface area contributed by atoms with E-state index in [0.717, 1.165) is 50.7 Å². The van der Waals surface area contributed by atoms with Crippen LogP contribution in [0.5, 0.6) is 0 Å². The molecule has 1 aromatic rings. The molecule has 0 bridgehead atoms. The van der Waals surface area contributed by atoms with Gasteiger partial charge in [0, 0.05) is 6.61 Å². The van der Waals surface area contributed by atoms with Gasteiger partial charge in [-0.2, -0.15) is 0 Å². The molecule has 128 valence electrons. The van der Waals surface area contributed by atoms with Gasteiger partial charge >= 0.3 is 0 Å². The van der Waals surface area contributed by atoms with Crippen LogP contribution in [0.2, 0.25) is 0 Å². The summed E-state index contributed by atoms with van der Waals surface area (Å²) in [5, 5.41) is 9.66. The number of ether oxygens (including phenoxy) is 3. The van der Waals surface area contributed by atoms with Gasteiger partial charge in [-0.3, -0.25) is 0 Å². The van der Waals surface area contributed by atoms with Gasteiger partial charge < -0.3 is 19.3 Å². The first-order chi connectivity index (χ1) is 11.3. The minimum absolute atomic E-state index is 0.0117. The zero-order valence-electron chi connectivity index (χ0n) is 13.7. The van der Waals surface area contributed by atoms with Crippen LogP contribution in [0.3, 0.4) is 0 Å². The van der Waals surface area contributed by atoms with Gasteiger partial charge in [0.15, 0.2) is 6.29 Å². The van der Waals surface area contributed by atoms with Gasteiger partial charge in [-0.15, -0.1) is 0 Å². The molecule has 2 fully saturated rings. The molecule has 1 saturated heterocycles. The van der Waals surface area contributed by atoms with E-state index in [4.69, 9.17) is 14.2 Å². The number of rotatable bonds is 6. The first-order valence-electron chi connectivity index (χ1n) is 8.93. The Morgan fingerprint density at radius 1 is 1.04 bits per heavy atom. The summed E-state index contributed by atoms with van der Waals surface area (Å²) in [6.07, 6.45) is 7.54. The highest BCUT2D eigenvalue weighted by Crippen LogP contribution is 2.30. The zero-order chi connectivity index (χ0) is 15.9. The third-order valence-corrected chi connectivity index (χ3v) is 4.75. The molecule has 4 heteroatoms. The predicted molar refractivity (Wildman–Crippen MR) is 88.1 cm³/mol. The van der Waals surface area contributed by atoms with Gasteiger partial charge in [-0.25, -0.2) is 0 Å². The quantitative estimate of drug-likeness (QED) is 0.870. The molecule has 1 aliphatic carbocycles. The molecular formula is C19H28O4. The lowest BCUT2D eigenvalue weighted by Gasteiger charge is -2.34. The van der Waals surface area contributed by atoms with Gasteiger partial charge in [0.1, 0.15) is 6.10 Å². The van der Waals surface area contributed by atoms with E-state index in [2.05, 4.69) is 0 Å².